The van der Waals surface area contributed by atoms with Crippen LogP contribution in [0.4, 0.5) is 0 Å². The topological polar surface area (TPSA) is 41.1 Å². The molecular formula is C15H24N2O. The summed E-state index contributed by atoms with van der Waals surface area (Å²) in [5, 5.41) is 6.28. The van der Waals surface area contributed by atoms with Crippen LogP contribution in [0.15, 0.2) is 30.3 Å². The van der Waals surface area contributed by atoms with E-state index in [1.54, 1.807) is 0 Å². The van der Waals surface area contributed by atoms with Gasteiger partial charge in [-0.2, -0.15) is 0 Å². The average molecular weight is 248 g/mol. The van der Waals surface area contributed by atoms with E-state index in [1.165, 1.54) is 5.56 Å². The van der Waals surface area contributed by atoms with Gasteiger partial charge in [0.1, 0.15) is 0 Å². The Kier molecular flexibility index (Phi) is 7.11. The van der Waals surface area contributed by atoms with Gasteiger partial charge in [0.05, 0.1) is 6.04 Å². The zero-order chi connectivity index (χ0) is 13.2. The van der Waals surface area contributed by atoms with Crippen molar-refractivity contribution in [2.75, 3.05) is 13.1 Å². The molecule has 0 aliphatic carbocycles. The molecule has 0 saturated carbocycles. The van der Waals surface area contributed by atoms with Gasteiger partial charge in [-0.05, 0) is 18.5 Å². The van der Waals surface area contributed by atoms with Crippen LogP contribution < -0.4 is 10.6 Å². The van der Waals surface area contributed by atoms with E-state index in [4.69, 9.17) is 0 Å². The lowest BCUT2D eigenvalue weighted by atomic mass is 10.0. The SMILES string of the molecule is CCCC(NC(=O)CCNCC)c1ccccc1. The van der Waals surface area contributed by atoms with E-state index in [9.17, 15) is 4.79 Å². The molecule has 1 rings (SSSR count). The van der Waals surface area contributed by atoms with Crippen LogP contribution in [-0.2, 0) is 4.79 Å². The molecule has 1 aromatic carbocycles. The number of amides is 1. The van der Waals surface area contributed by atoms with E-state index >= 15 is 0 Å². The number of carbonyl (C=O) groups excluding carboxylic acids is 1. The molecule has 0 radical (unpaired) electrons. The number of carbonyl (C=O) groups is 1. The molecule has 0 spiro atoms. The van der Waals surface area contributed by atoms with Crippen LogP contribution >= 0.6 is 0 Å². The van der Waals surface area contributed by atoms with E-state index in [1.807, 2.05) is 25.1 Å². The standard InChI is InChI=1S/C15H24N2O/c1-3-8-14(13-9-6-5-7-10-13)17-15(18)11-12-16-4-2/h5-7,9-10,14,16H,3-4,8,11-12H2,1-2H3,(H,17,18). The molecule has 0 aliphatic heterocycles. The number of benzene rings is 1. The predicted octanol–water partition coefficient (Wildman–Crippen LogP) is 2.64. The first-order valence-electron chi connectivity index (χ1n) is 6.83. The molecule has 0 aliphatic rings. The Labute approximate surface area is 110 Å². The van der Waals surface area contributed by atoms with E-state index in [0.29, 0.717) is 6.42 Å². The normalized spacial score (nSPS) is 12.1. The van der Waals surface area contributed by atoms with Crippen LogP contribution in [0.5, 0.6) is 0 Å². The third-order valence-electron chi connectivity index (χ3n) is 2.89. The summed E-state index contributed by atoms with van der Waals surface area (Å²) < 4.78 is 0. The molecule has 100 valence electrons. The van der Waals surface area contributed by atoms with Crippen LogP contribution in [0.25, 0.3) is 0 Å². The number of hydrogen-bond acceptors (Lipinski definition) is 2. The van der Waals surface area contributed by atoms with Gasteiger partial charge in [0, 0.05) is 13.0 Å². The fraction of sp³-hybridized carbons (Fsp3) is 0.533. The Morgan fingerprint density at radius 1 is 1.22 bits per heavy atom. The predicted molar refractivity (Wildman–Crippen MR) is 75.4 cm³/mol. The number of nitrogens with one attached hydrogen (secondary N) is 2. The summed E-state index contributed by atoms with van der Waals surface area (Å²) in [5.41, 5.74) is 1.19. The maximum atomic E-state index is 11.8. The smallest absolute Gasteiger partial charge is 0.221 e. The summed E-state index contributed by atoms with van der Waals surface area (Å²) in [6.07, 6.45) is 2.59. The summed E-state index contributed by atoms with van der Waals surface area (Å²) in [5.74, 6) is 0.123. The Morgan fingerprint density at radius 3 is 2.56 bits per heavy atom. The van der Waals surface area contributed by atoms with Crippen molar-refractivity contribution in [1.82, 2.24) is 10.6 Å². The van der Waals surface area contributed by atoms with Gasteiger partial charge in [-0.15, -0.1) is 0 Å². The second-order valence-electron chi connectivity index (χ2n) is 4.42. The molecule has 0 heterocycles. The molecule has 0 saturated heterocycles. The van der Waals surface area contributed by atoms with Crippen molar-refractivity contribution in [3.8, 4) is 0 Å². The lowest BCUT2D eigenvalue weighted by molar-refractivity contribution is -0.121. The third-order valence-corrected chi connectivity index (χ3v) is 2.89. The fourth-order valence-corrected chi connectivity index (χ4v) is 1.94. The van der Waals surface area contributed by atoms with Gasteiger partial charge < -0.3 is 10.6 Å². The molecule has 3 nitrogen and oxygen atoms in total. The summed E-state index contributed by atoms with van der Waals surface area (Å²) in [4.78, 5) is 11.8. The van der Waals surface area contributed by atoms with Gasteiger partial charge in [-0.3, -0.25) is 4.79 Å². The fourth-order valence-electron chi connectivity index (χ4n) is 1.94. The average Bonchev–Trinajstić information content (AvgIpc) is 2.39. The van der Waals surface area contributed by atoms with Crippen LogP contribution in [0.3, 0.4) is 0 Å². The molecular weight excluding hydrogens is 224 g/mol. The molecule has 3 heteroatoms. The van der Waals surface area contributed by atoms with E-state index in [-0.39, 0.29) is 11.9 Å². The van der Waals surface area contributed by atoms with Crippen molar-refractivity contribution in [2.24, 2.45) is 0 Å². The Hall–Kier alpha value is -1.35. The van der Waals surface area contributed by atoms with Gasteiger partial charge in [-0.25, -0.2) is 0 Å². The number of hydrogen-bond donors (Lipinski definition) is 2. The first-order valence-corrected chi connectivity index (χ1v) is 6.83. The molecule has 2 N–H and O–H groups in total. The zero-order valence-corrected chi connectivity index (χ0v) is 11.4. The van der Waals surface area contributed by atoms with Crippen molar-refractivity contribution < 1.29 is 4.79 Å². The van der Waals surface area contributed by atoms with Crippen LogP contribution in [0, 0.1) is 0 Å². The van der Waals surface area contributed by atoms with Gasteiger partial charge in [0.2, 0.25) is 5.91 Å². The molecule has 18 heavy (non-hydrogen) atoms. The third kappa shape index (κ3) is 5.32. The van der Waals surface area contributed by atoms with E-state index < -0.39 is 0 Å². The first kappa shape index (κ1) is 14.7. The minimum Gasteiger partial charge on any atom is -0.349 e. The largest absolute Gasteiger partial charge is 0.349 e. The maximum Gasteiger partial charge on any atom is 0.221 e. The lowest BCUT2D eigenvalue weighted by Crippen LogP contribution is -2.31. The van der Waals surface area contributed by atoms with Crippen molar-refractivity contribution in [2.45, 2.75) is 39.2 Å². The second kappa shape index (κ2) is 8.70. The molecule has 1 aromatic rings. The highest BCUT2D eigenvalue weighted by Gasteiger charge is 2.12. The monoisotopic (exact) mass is 248 g/mol. The first-order chi connectivity index (χ1) is 8.77. The summed E-state index contributed by atoms with van der Waals surface area (Å²) in [6.45, 7) is 5.84. The molecule has 0 aromatic heterocycles. The lowest BCUT2D eigenvalue weighted by Gasteiger charge is -2.18. The van der Waals surface area contributed by atoms with Crippen molar-refractivity contribution in [1.29, 1.82) is 0 Å². The second-order valence-corrected chi connectivity index (χ2v) is 4.42. The summed E-state index contributed by atoms with van der Waals surface area (Å²) >= 11 is 0. The Balaban J connectivity index is 2.50. The van der Waals surface area contributed by atoms with Gasteiger partial charge in [0.15, 0.2) is 0 Å². The minimum absolute atomic E-state index is 0.123. The van der Waals surface area contributed by atoms with E-state index in [2.05, 4.69) is 29.7 Å². The highest BCUT2D eigenvalue weighted by atomic mass is 16.1. The molecule has 0 fully saturated rings. The molecule has 0 bridgehead atoms. The van der Waals surface area contributed by atoms with Gasteiger partial charge in [-0.1, -0.05) is 50.6 Å². The van der Waals surface area contributed by atoms with Crippen molar-refractivity contribution in [3.05, 3.63) is 35.9 Å². The van der Waals surface area contributed by atoms with Crippen molar-refractivity contribution >= 4 is 5.91 Å². The van der Waals surface area contributed by atoms with Gasteiger partial charge >= 0.3 is 0 Å². The minimum atomic E-state index is 0.123. The quantitative estimate of drug-likeness (QED) is 0.694. The summed E-state index contributed by atoms with van der Waals surface area (Å²) in [7, 11) is 0. The van der Waals surface area contributed by atoms with E-state index in [0.717, 1.165) is 25.9 Å². The maximum absolute atomic E-state index is 11.8. The zero-order valence-electron chi connectivity index (χ0n) is 11.4. The summed E-state index contributed by atoms with van der Waals surface area (Å²) in [6, 6.07) is 10.3. The van der Waals surface area contributed by atoms with Crippen LogP contribution in [0.2, 0.25) is 0 Å². The Morgan fingerprint density at radius 2 is 1.94 bits per heavy atom. The van der Waals surface area contributed by atoms with Crippen LogP contribution in [-0.4, -0.2) is 19.0 Å². The van der Waals surface area contributed by atoms with Crippen molar-refractivity contribution in [3.63, 3.8) is 0 Å². The molecule has 1 atom stereocenters. The Bertz CT molecular complexity index is 338. The highest BCUT2D eigenvalue weighted by molar-refractivity contribution is 5.76. The molecule has 1 unspecified atom stereocenters. The molecule has 1 amide bonds. The highest BCUT2D eigenvalue weighted by Crippen LogP contribution is 2.17. The van der Waals surface area contributed by atoms with Crippen LogP contribution in [0.1, 0.15) is 44.7 Å². The number of rotatable bonds is 8. The van der Waals surface area contributed by atoms with Gasteiger partial charge in [0.25, 0.3) is 0 Å².